The lowest BCUT2D eigenvalue weighted by atomic mass is 10.1. The van der Waals surface area contributed by atoms with E-state index in [1.54, 1.807) is 18.2 Å². The van der Waals surface area contributed by atoms with Crippen molar-refractivity contribution in [2.24, 2.45) is 0 Å². The summed E-state index contributed by atoms with van der Waals surface area (Å²) in [5, 5.41) is 10.3. The van der Waals surface area contributed by atoms with Crippen LogP contribution in [0.3, 0.4) is 0 Å². The minimum atomic E-state index is -0.886. The second-order valence-corrected chi connectivity index (χ2v) is 5.16. The maximum absolute atomic E-state index is 11.1. The van der Waals surface area contributed by atoms with Crippen molar-refractivity contribution >= 4 is 16.9 Å². The molecule has 0 fully saturated rings. The van der Waals surface area contributed by atoms with Gasteiger partial charge in [0.2, 0.25) is 0 Å². The summed E-state index contributed by atoms with van der Waals surface area (Å²) in [5.41, 5.74) is 3.88. The molecular weight excluding hydrogens is 262 g/mol. The fourth-order valence-corrected chi connectivity index (χ4v) is 2.76. The van der Waals surface area contributed by atoms with E-state index in [2.05, 4.69) is 42.0 Å². The van der Waals surface area contributed by atoms with E-state index in [1.807, 2.05) is 6.07 Å². The molecule has 1 heterocycles. The van der Waals surface area contributed by atoms with E-state index in [0.29, 0.717) is 12.1 Å². The predicted molar refractivity (Wildman–Crippen MR) is 83.8 cm³/mol. The molecule has 1 aromatic heterocycles. The van der Waals surface area contributed by atoms with Gasteiger partial charge < -0.3 is 9.67 Å². The van der Waals surface area contributed by atoms with Crippen molar-refractivity contribution in [2.75, 3.05) is 0 Å². The molecule has 0 spiro atoms. The highest BCUT2D eigenvalue weighted by Gasteiger charge is 2.07. The second-order valence-electron chi connectivity index (χ2n) is 5.16. The molecule has 3 nitrogen and oxygen atoms in total. The first-order valence-electron chi connectivity index (χ1n) is 7.08. The molecule has 2 aromatic carbocycles. The number of carboxylic acids is 1. The lowest BCUT2D eigenvalue weighted by molar-refractivity contribution is 0.0696. The molecule has 0 bridgehead atoms. The summed E-state index contributed by atoms with van der Waals surface area (Å²) < 4.78 is 2.19. The van der Waals surface area contributed by atoms with Gasteiger partial charge in [-0.05, 0) is 41.1 Å². The van der Waals surface area contributed by atoms with Crippen molar-refractivity contribution in [1.82, 2.24) is 4.57 Å². The van der Waals surface area contributed by atoms with E-state index in [1.165, 1.54) is 16.5 Å². The fourth-order valence-electron chi connectivity index (χ4n) is 2.76. The molecule has 0 saturated heterocycles. The first kappa shape index (κ1) is 13.4. The van der Waals surface area contributed by atoms with Gasteiger partial charge in [-0.25, -0.2) is 4.79 Å². The summed E-state index contributed by atoms with van der Waals surface area (Å²) >= 11 is 0. The molecular formula is C18H17NO2. The number of benzene rings is 2. The third kappa shape index (κ3) is 2.55. The third-order valence-corrected chi connectivity index (χ3v) is 3.78. The van der Waals surface area contributed by atoms with Crippen molar-refractivity contribution in [3.05, 3.63) is 71.4 Å². The molecule has 106 valence electrons. The highest BCUT2D eigenvalue weighted by molar-refractivity contribution is 5.87. The monoisotopic (exact) mass is 279 g/mol. The van der Waals surface area contributed by atoms with Crippen LogP contribution in [0.2, 0.25) is 0 Å². The molecule has 0 aliphatic heterocycles. The Labute approximate surface area is 123 Å². The van der Waals surface area contributed by atoms with Crippen LogP contribution in [0.5, 0.6) is 0 Å². The number of carboxylic acid groups (broad SMARTS) is 1. The first-order chi connectivity index (χ1) is 10.2. The number of para-hydroxylation sites is 1. The predicted octanol–water partition coefficient (Wildman–Crippen LogP) is 3.95. The average molecular weight is 279 g/mol. The molecule has 0 amide bonds. The molecule has 0 radical (unpaired) electrons. The van der Waals surface area contributed by atoms with Gasteiger partial charge in [-0.15, -0.1) is 0 Å². The van der Waals surface area contributed by atoms with E-state index < -0.39 is 5.97 Å². The number of aryl methyl sites for hydroxylation is 1. The van der Waals surface area contributed by atoms with E-state index in [-0.39, 0.29) is 0 Å². The Kier molecular flexibility index (Phi) is 3.48. The highest BCUT2D eigenvalue weighted by Crippen LogP contribution is 2.22. The Balaban J connectivity index is 2.02. The molecule has 0 aliphatic rings. The van der Waals surface area contributed by atoms with Crippen LogP contribution >= 0.6 is 0 Å². The van der Waals surface area contributed by atoms with Gasteiger partial charge in [0.25, 0.3) is 0 Å². The van der Waals surface area contributed by atoms with Crippen LogP contribution in [-0.4, -0.2) is 15.6 Å². The third-order valence-electron chi connectivity index (χ3n) is 3.78. The topological polar surface area (TPSA) is 42.2 Å². The highest BCUT2D eigenvalue weighted by atomic mass is 16.4. The number of carbonyl (C=O) groups is 1. The van der Waals surface area contributed by atoms with Crippen LogP contribution in [0.15, 0.2) is 54.7 Å². The number of fused-ring (bicyclic) bond motifs is 1. The molecule has 0 unspecified atom stereocenters. The van der Waals surface area contributed by atoms with Crippen molar-refractivity contribution in [3.8, 4) is 0 Å². The molecule has 3 heteroatoms. The van der Waals surface area contributed by atoms with Crippen molar-refractivity contribution < 1.29 is 9.90 Å². The fraction of sp³-hybridized carbons (Fsp3) is 0.167. The lowest BCUT2D eigenvalue weighted by Crippen LogP contribution is -2.02. The summed E-state index contributed by atoms with van der Waals surface area (Å²) in [6, 6.07) is 15.6. The van der Waals surface area contributed by atoms with Crippen LogP contribution in [-0.2, 0) is 13.0 Å². The van der Waals surface area contributed by atoms with Crippen LogP contribution < -0.4 is 0 Å². The van der Waals surface area contributed by atoms with Gasteiger partial charge in [-0.2, -0.15) is 0 Å². The van der Waals surface area contributed by atoms with Gasteiger partial charge in [0.1, 0.15) is 0 Å². The van der Waals surface area contributed by atoms with Crippen LogP contribution in [0, 0.1) is 0 Å². The number of aromatic nitrogens is 1. The van der Waals surface area contributed by atoms with Gasteiger partial charge >= 0.3 is 5.97 Å². The van der Waals surface area contributed by atoms with Crippen molar-refractivity contribution in [1.29, 1.82) is 0 Å². The zero-order chi connectivity index (χ0) is 14.8. The van der Waals surface area contributed by atoms with Gasteiger partial charge in [0.05, 0.1) is 11.1 Å². The standard InChI is InChI=1S/C18H17NO2/c1-2-14-6-4-7-15-9-10-19(17(14)15)12-13-5-3-8-16(11-13)18(20)21/h3-11H,2,12H2,1H3,(H,20,21). The maximum atomic E-state index is 11.1. The number of aromatic carboxylic acids is 1. The van der Waals surface area contributed by atoms with Crippen molar-refractivity contribution in [2.45, 2.75) is 19.9 Å². The minimum Gasteiger partial charge on any atom is -0.478 e. The van der Waals surface area contributed by atoms with E-state index in [0.717, 1.165) is 12.0 Å². The number of nitrogens with zero attached hydrogens (tertiary/aromatic N) is 1. The summed E-state index contributed by atoms with van der Waals surface area (Å²) in [6.07, 6.45) is 3.05. The Morgan fingerprint density at radius 2 is 1.95 bits per heavy atom. The molecule has 21 heavy (non-hydrogen) atoms. The maximum Gasteiger partial charge on any atom is 0.335 e. The van der Waals surface area contributed by atoms with Gasteiger partial charge in [0, 0.05) is 12.7 Å². The number of hydrogen-bond donors (Lipinski definition) is 1. The second kappa shape index (κ2) is 5.44. The van der Waals surface area contributed by atoms with E-state index in [9.17, 15) is 4.79 Å². The molecule has 1 N–H and O–H groups in total. The molecule has 3 rings (SSSR count). The van der Waals surface area contributed by atoms with Crippen molar-refractivity contribution in [3.63, 3.8) is 0 Å². The zero-order valence-electron chi connectivity index (χ0n) is 11.9. The molecule has 0 saturated carbocycles. The Bertz CT molecular complexity index is 802. The van der Waals surface area contributed by atoms with Gasteiger partial charge in [-0.1, -0.05) is 37.3 Å². The van der Waals surface area contributed by atoms with Gasteiger partial charge in [-0.3, -0.25) is 0 Å². The minimum absolute atomic E-state index is 0.333. The lowest BCUT2D eigenvalue weighted by Gasteiger charge is -2.09. The largest absolute Gasteiger partial charge is 0.478 e. The SMILES string of the molecule is CCc1cccc2ccn(Cc3cccc(C(=O)O)c3)c12. The summed E-state index contributed by atoms with van der Waals surface area (Å²) in [4.78, 5) is 11.1. The van der Waals surface area contributed by atoms with E-state index >= 15 is 0 Å². The quantitative estimate of drug-likeness (QED) is 0.785. The van der Waals surface area contributed by atoms with Crippen LogP contribution in [0.1, 0.15) is 28.4 Å². The average Bonchev–Trinajstić information content (AvgIpc) is 2.91. The zero-order valence-corrected chi connectivity index (χ0v) is 11.9. The summed E-state index contributed by atoms with van der Waals surface area (Å²) in [5.74, 6) is -0.886. The van der Waals surface area contributed by atoms with Crippen LogP contribution in [0.25, 0.3) is 10.9 Å². The normalized spacial score (nSPS) is 10.9. The van der Waals surface area contributed by atoms with E-state index in [4.69, 9.17) is 5.11 Å². The molecule has 0 aliphatic carbocycles. The van der Waals surface area contributed by atoms with Crippen LogP contribution in [0.4, 0.5) is 0 Å². The Morgan fingerprint density at radius 3 is 2.71 bits per heavy atom. The smallest absolute Gasteiger partial charge is 0.335 e. The summed E-state index contributed by atoms with van der Waals surface area (Å²) in [6.45, 7) is 2.83. The van der Waals surface area contributed by atoms with Gasteiger partial charge in [0.15, 0.2) is 0 Å². The molecule has 3 aromatic rings. The molecule has 0 atom stereocenters. The number of hydrogen-bond acceptors (Lipinski definition) is 1. The first-order valence-corrected chi connectivity index (χ1v) is 7.08. The number of rotatable bonds is 4. The Hall–Kier alpha value is -2.55. The Morgan fingerprint density at radius 1 is 1.14 bits per heavy atom. The summed E-state index contributed by atoms with van der Waals surface area (Å²) in [7, 11) is 0.